The van der Waals surface area contributed by atoms with Crippen LogP contribution in [0.3, 0.4) is 0 Å². The fraction of sp³-hybridized carbons (Fsp3) is 0.556. The number of allylic oxidation sites excluding steroid dienone is 1. The summed E-state index contributed by atoms with van der Waals surface area (Å²) in [7, 11) is 0. The van der Waals surface area contributed by atoms with Crippen LogP contribution in [0.15, 0.2) is 22.6 Å². The molecule has 0 aromatic carbocycles. The van der Waals surface area contributed by atoms with Crippen LogP contribution < -0.4 is 10.4 Å². The van der Waals surface area contributed by atoms with Crippen molar-refractivity contribution in [1.82, 2.24) is 9.55 Å². The molecule has 1 aromatic rings. The van der Waals surface area contributed by atoms with E-state index < -0.39 is 36.6 Å². The Kier molecular flexibility index (Phi) is 5.62. The van der Waals surface area contributed by atoms with E-state index in [2.05, 4.69) is 10.9 Å². The predicted molar refractivity (Wildman–Crippen MR) is 91.5 cm³/mol. The van der Waals surface area contributed by atoms with Crippen LogP contribution in [-0.4, -0.2) is 56.1 Å². The van der Waals surface area contributed by atoms with Crippen molar-refractivity contribution < 1.29 is 29.2 Å². The summed E-state index contributed by atoms with van der Waals surface area (Å²) in [6, 6.07) is 0. The van der Waals surface area contributed by atoms with E-state index >= 15 is 0 Å². The van der Waals surface area contributed by atoms with Gasteiger partial charge in [-0.2, -0.15) is 4.98 Å². The van der Waals surface area contributed by atoms with Gasteiger partial charge < -0.3 is 24.8 Å². The lowest BCUT2D eigenvalue weighted by molar-refractivity contribution is -0.207. The molecule has 9 heteroatoms. The topological polar surface area (TPSA) is 114 Å². The van der Waals surface area contributed by atoms with E-state index in [1.54, 1.807) is 0 Å². The van der Waals surface area contributed by atoms with Gasteiger partial charge in [0.15, 0.2) is 6.23 Å². The standard InChI is InChI=1S/C18H21FN2O6/c1-2-12-9-21(16-13(23)14(24)18(19,10-22)27-16)17(25)20-15(12)26-8-7-11-5-3-4-6-11/h1,7,9,13-14,16,22-24H,3-6,8,10H2/t13-,14+,16-,18-/m1/s1. The Hall–Kier alpha value is -2.25. The first-order valence-corrected chi connectivity index (χ1v) is 8.64. The van der Waals surface area contributed by atoms with Crippen molar-refractivity contribution in [2.75, 3.05) is 13.2 Å². The molecule has 0 bridgehead atoms. The van der Waals surface area contributed by atoms with Gasteiger partial charge in [0, 0.05) is 6.20 Å². The lowest BCUT2D eigenvalue weighted by Gasteiger charge is -2.20. The normalized spacial score (nSPS) is 30.3. The molecule has 0 spiro atoms. The van der Waals surface area contributed by atoms with Crippen molar-refractivity contribution in [1.29, 1.82) is 0 Å². The molecule has 0 unspecified atom stereocenters. The number of aliphatic hydroxyl groups is 3. The molecule has 0 amide bonds. The van der Waals surface area contributed by atoms with Gasteiger partial charge in [-0.1, -0.05) is 11.5 Å². The second kappa shape index (κ2) is 7.78. The molecule has 1 aromatic heterocycles. The molecule has 4 atom stereocenters. The first kappa shape index (κ1) is 19.5. The number of ether oxygens (including phenoxy) is 2. The van der Waals surface area contributed by atoms with Crippen molar-refractivity contribution in [2.45, 2.75) is 50.0 Å². The number of alkyl halides is 1. The number of hydrogen-bond acceptors (Lipinski definition) is 7. The minimum absolute atomic E-state index is 0.0599. The number of rotatable bonds is 5. The predicted octanol–water partition coefficient (Wildman–Crippen LogP) is 0.0125. The van der Waals surface area contributed by atoms with Gasteiger partial charge in [0.25, 0.3) is 5.85 Å². The largest absolute Gasteiger partial charge is 0.472 e. The number of halogens is 1. The Labute approximate surface area is 154 Å². The summed E-state index contributed by atoms with van der Waals surface area (Å²) in [5.74, 6) is -0.645. The third kappa shape index (κ3) is 3.75. The van der Waals surface area contributed by atoms with Crippen molar-refractivity contribution in [3.05, 3.63) is 33.9 Å². The van der Waals surface area contributed by atoms with Crippen molar-refractivity contribution >= 4 is 0 Å². The minimum atomic E-state index is -2.90. The molecule has 8 nitrogen and oxygen atoms in total. The van der Waals surface area contributed by atoms with Crippen molar-refractivity contribution in [3.63, 3.8) is 0 Å². The lowest BCUT2D eigenvalue weighted by atomic mass is 10.1. The average Bonchev–Trinajstić information content (AvgIpc) is 3.25. The zero-order chi connectivity index (χ0) is 19.6. The van der Waals surface area contributed by atoms with Crippen LogP contribution in [0.4, 0.5) is 4.39 Å². The molecule has 3 N–H and O–H groups in total. The maximum absolute atomic E-state index is 14.2. The molecule has 1 saturated heterocycles. The molecule has 146 valence electrons. The van der Waals surface area contributed by atoms with Crippen LogP contribution in [0, 0.1) is 12.3 Å². The van der Waals surface area contributed by atoms with Crippen LogP contribution in [-0.2, 0) is 4.74 Å². The lowest BCUT2D eigenvalue weighted by Crippen LogP contribution is -2.42. The quantitative estimate of drug-likeness (QED) is 0.487. The molecule has 27 heavy (non-hydrogen) atoms. The summed E-state index contributed by atoms with van der Waals surface area (Å²) < 4.78 is 25.4. The molecular formula is C18H21FN2O6. The first-order valence-electron chi connectivity index (χ1n) is 8.64. The number of aliphatic hydroxyl groups excluding tert-OH is 3. The van der Waals surface area contributed by atoms with Crippen LogP contribution in [0.2, 0.25) is 0 Å². The SMILES string of the molecule is C#Cc1cn([C@@H]2O[C@](F)(CO)[C@@H](O)[C@H]2O)c(=O)nc1OCC=C1CCCC1. The van der Waals surface area contributed by atoms with Crippen molar-refractivity contribution in [2.24, 2.45) is 0 Å². The third-order valence-electron chi connectivity index (χ3n) is 4.77. The van der Waals surface area contributed by atoms with E-state index in [-0.39, 0.29) is 18.1 Å². The molecule has 2 fully saturated rings. The Balaban J connectivity index is 1.83. The van der Waals surface area contributed by atoms with Crippen LogP contribution in [0.5, 0.6) is 5.88 Å². The molecule has 3 rings (SSSR count). The summed E-state index contributed by atoms with van der Waals surface area (Å²) in [5, 5.41) is 28.8. The van der Waals surface area contributed by atoms with Gasteiger partial charge in [0.2, 0.25) is 5.88 Å². The molecule has 1 saturated carbocycles. The van der Waals surface area contributed by atoms with E-state index in [4.69, 9.17) is 21.0 Å². The van der Waals surface area contributed by atoms with Gasteiger partial charge in [0.1, 0.15) is 31.0 Å². The van der Waals surface area contributed by atoms with Gasteiger partial charge in [0.05, 0.1) is 0 Å². The van der Waals surface area contributed by atoms with E-state index in [1.165, 1.54) is 5.57 Å². The van der Waals surface area contributed by atoms with Gasteiger partial charge in [-0.25, -0.2) is 9.18 Å². The number of terminal acetylenes is 1. The first-order chi connectivity index (χ1) is 12.9. The summed E-state index contributed by atoms with van der Waals surface area (Å²) in [6.45, 7) is -0.985. The molecule has 1 aliphatic carbocycles. The van der Waals surface area contributed by atoms with Gasteiger partial charge in [-0.15, -0.1) is 6.42 Å². The highest BCUT2D eigenvalue weighted by Gasteiger charge is 2.56. The second-order valence-electron chi connectivity index (χ2n) is 6.56. The minimum Gasteiger partial charge on any atom is -0.472 e. The highest BCUT2D eigenvalue weighted by Crippen LogP contribution is 2.37. The fourth-order valence-corrected chi connectivity index (χ4v) is 3.22. The molecule has 2 heterocycles. The van der Waals surface area contributed by atoms with Gasteiger partial charge in [-0.05, 0) is 31.8 Å². The van der Waals surface area contributed by atoms with E-state index in [1.807, 2.05) is 6.08 Å². The Morgan fingerprint density at radius 3 is 2.78 bits per heavy atom. The highest BCUT2D eigenvalue weighted by atomic mass is 19.2. The van der Waals surface area contributed by atoms with E-state index in [0.717, 1.165) is 36.4 Å². The number of nitrogens with zero attached hydrogens (tertiary/aromatic N) is 2. The van der Waals surface area contributed by atoms with E-state index in [9.17, 15) is 19.4 Å². The highest BCUT2D eigenvalue weighted by molar-refractivity contribution is 5.38. The van der Waals surface area contributed by atoms with Gasteiger partial charge >= 0.3 is 5.69 Å². The molecule has 1 aliphatic heterocycles. The Bertz CT molecular complexity index is 824. The average molecular weight is 380 g/mol. The summed E-state index contributed by atoms with van der Waals surface area (Å²) >= 11 is 0. The molecule has 0 radical (unpaired) electrons. The maximum atomic E-state index is 14.2. The van der Waals surface area contributed by atoms with E-state index in [0.29, 0.717) is 0 Å². The Morgan fingerprint density at radius 2 is 2.19 bits per heavy atom. The summed E-state index contributed by atoms with van der Waals surface area (Å²) in [6.07, 6.45) is 7.41. The van der Waals surface area contributed by atoms with Crippen molar-refractivity contribution in [3.8, 4) is 18.2 Å². The smallest absolute Gasteiger partial charge is 0.353 e. The fourth-order valence-electron chi connectivity index (χ4n) is 3.22. The zero-order valence-corrected chi connectivity index (χ0v) is 14.5. The monoisotopic (exact) mass is 380 g/mol. The molecular weight excluding hydrogens is 359 g/mol. The van der Waals surface area contributed by atoms with Gasteiger partial charge in [-0.3, -0.25) is 4.57 Å². The second-order valence-corrected chi connectivity index (χ2v) is 6.56. The summed E-state index contributed by atoms with van der Waals surface area (Å²) in [4.78, 5) is 16.0. The number of hydrogen-bond donors (Lipinski definition) is 3. The maximum Gasteiger partial charge on any atom is 0.353 e. The Morgan fingerprint density at radius 1 is 1.48 bits per heavy atom. The van der Waals surface area contributed by atoms with Crippen LogP contribution >= 0.6 is 0 Å². The van der Waals surface area contributed by atoms with Crippen LogP contribution in [0.25, 0.3) is 0 Å². The number of aromatic nitrogens is 2. The third-order valence-corrected chi connectivity index (χ3v) is 4.77. The van der Waals surface area contributed by atoms with Crippen LogP contribution in [0.1, 0.15) is 37.5 Å². The summed E-state index contributed by atoms with van der Waals surface area (Å²) in [5.41, 5.74) is 0.478. The molecule has 2 aliphatic rings. The zero-order valence-electron chi connectivity index (χ0n) is 14.5.